The second-order valence-corrected chi connectivity index (χ2v) is 18.7. The first-order chi connectivity index (χ1) is 23.9. The zero-order valence-electron chi connectivity index (χ0n) is 34.2. The lowest BCUT2D eigenvalue weighted by Gasteiger charge is -2.40. The minimum Gasteiger partial charge on any atom is -1.00 e. The average Bonchev–Trinajstić information content (AvgIpc) is 3.09. The first-order valence-electron chi connectivity index (χ1n) is 21.8. The van der Waals surface area contributed by atoms with Crippen LogP contribution in [-0.2, 0) is 9.53 Å². The molecule has 3 nitrogen and oxygen atoms in total. The highest BCUT2D eigenvalue weighted by atomic mass is 79.9. The van der Waals surface area contributed by atoms with Gasteiger partial charge in [-0.15, -0.1) is 11.8 Å². The van der Waals surface area contributed by atoms with Gasteiger partial charge < -0.3 is 26.2 Å². The molecule has 0 amide bonds. The number of hydrogen-bond donors (Lipinski definition) is 0. The van der Waals surface area contributed by atoms with Crippen LogP contribution in [0.2, 0.25) is 0 Å². The molecule has 0 heterocycles. The molecule has 0 aliphatic heterocycles. The second kappa shape index (κ2) is 40.9. The van der Waals surface area contributed by atoms with E-state index in [4.69, 9.17) is 17.0 Å². The van der Waals surface area contributed by atoms with E-state index in [0.29, 0.717) is 6.61 Å². The third-order valence-corrected chi connectivity index (χ3v) is 13.1. The number of quaternary nitrogens is 1. The minimum atomic E-state index is -0.202. The zero-order chi connectivity index (χ0) is 36.1. The molecule has 0 radical (unpaired) electrons. The number of nitrogens with zero attached hydrogens (tertiary/aromatic N) is 1. The molecular weight excluding hydrogens is 739 g/mol. The number of thioether (sulfide) groups is 2. The fourth-order valence-electron chi connectivity index (χ4n) is 6.96. The average molecular weight is 825 g/mol. The topological polar surface area (TPSA) is 26.3 Å². The van der Waals surface area contributed by atoms with Crippen molar-refractivity contribution in [3.63, 3.8) is 0 Å². The zero-order valence-corrected chi connectivity index (χ0v) is 38.2. The van der Waals surface area contributed by atoms with Gasteiger partial charge in [-0.3, -0.25) is 4.79 Å². The van der Waals surface area contributed by atoms with Crippen molar-refractivity contribution in [3.05, 3.63) is 0 Å². The SMILES string of the molecule is CCCCCCCC[N+](CCCCCCCC)(CCCCCCCC)CCCCCCCCCCCOC(=O)C(C)SC(=S)SCCCC.[Br-]. The van der Waals surface area contributed by atoms with E-state index in [1.54, 1.807) is 11.8 Å². The van der Waals surface area contributed by atoms with Crippen molar-refractivity contribution in [1.29, 1.82) is 0 Å². The van der Waals surface area contributed by atoms with E-state index in [9.17, 15) is 4.79 Å². The van der Waals surface area contributed by atoms with Crippen LogP contribution in [-0.4, -0.2) is 57.8 Å². The number of carbonyl (C=O) groups is 1. The summed E-state index contributed by atoms with van der Waals surface area (Å²) in [6, 6.07) is 0. The van der Waals surface area contributed by atoms with Gasteiger partial charge in [-0.1, -0.05) is 174 Å². The van der Waals surface area contributed by atoms with Crippen molar-refractivity contribution in [1.82, 2.24) is 0 Å². The largest absolute Gasteiger partial charge is 1.00 e. The number of hydrogen-bond acceptors (Lipinski definition) is 5. The molecule has 0 aromatic rings. The highest BCUT2D eigenvalue weighted by molar-refractivity contribution is 8.47. The van der Waals surface area contributed by atoms with Gasteiger partial charge in [0.25, 0.3) is 0 Å². The molecule has 0 aromatic heterocycles. The molecule has 300 valence electrons. The number of thiocarbonyl (C=S) groups is 1. The van der Waals surface area contributed by atoms with Gasteiger partial charge in [0.1, 0.15) is 8.78 Å². The summed E-state index contributed by atoms with van der Waals surface area (Å²) in [5, 5.41) is -0.202. The monoisotopic (exact) mass is 824 g/mol. The quantitative estimate of drug-likeness (QED) is 0.0267. The Labute approximate surface area is 338 Å². The van der Waals surface area contributed by atoms with Gasteiger partial charge in [-0.2, -0.15) is 0 Å². The molecule has 0 rings (SSSR count). The predicted molar refractivity (Wildman–Crippen MR) is 229 cm³/mol. The summed E-state index contributed by atoms with van der Waals surface area (Å²) in [4.78, 5) is 12.3. The van der Waals surface area contributed by atoms with Crippen LogP contribution < -0.4 is 17.0 Å². The van der Waals surface area contributed by atoms with Crippen LogP contribution in [0.15, 0.2) is 0 Å². The second-order valence-electron chi connectivity index (χ2n) is 15.1. The molecule has 0 spiro atoms. The third kappa shape index (κ3) is 34.5. The van der Waals surface area contributed by atoms with E-state index in [1.165, 1.54) is 216 Å². The first kappa shape index (κ1) is 52.8. The minimum absolute atomic E-state index is 0. The van der Waals surface area contributed by atoms with Crippen molar-refractivity contribution >= 4 is 45.2 Å². The Morgan fingerprint density at radius 1 is 0.520 bits per heavy atom. The van der Waals surface area contributed by atoms with E-state index >= 15 is 0 Å². The van der Waals surface area contributed by atoms with Gasteiger partial charge in [0.2, 0.25) is 0 Å². The lowest BCUT2D eigenvalue weighted by Crippen LogP contribution is -3.00. The van der Waals surface area contributed by atoms with E-state index in [0.717, 1.165) is 22.1 Å². The Kier molecular flexibility index (Phi) is 43.2. The molecule has 0 aromatic carbocycles. The fraction of sp³-hybridized carbons (Fsp3) is 0.953. The van der Waals surface area contributed by atoms with Crippen molar-refractivity contribution < 1.29 is 31.0 Å². The normalized spacial score (nSPS) is 12.2. The molecule has 50 heavy (non-hydrogen) atoms. The Bertz CT molecular complexity index is 685. The third-order valence-electron chi connectivity index (χ3n) is 10.3. The number of ether oxygens (including phenoxy) is 1. The van der Waals surface area contributed by atoms with Crippen molar-refractivity contribution in [2.24, 2.45) is 0 Å². The lowest BCUT2D eigenvalue weighted by atomic mass is 10.0. The van der Waals surface area contributed by atoms with Crippen molar-refractivity contribution in [3.8, 4) is 0 Å². The van der Waals surface area contributed by atoms with E-state index in [-0.39, 0.29) is 28.2 Å². The molecular formula is C43H86BrNO2S3. The Morgan fingerprint density at radius 3 is 1.20 bits per heavy atom. The smallest absolute Gasteiger partial charge is 0.319 e. The van der Waals surface area contributed by atoms with Crippen LogP contribution in [0.5, 0.6) is 0 Å². The van der Waals surface area contributed by atoms with Crippen LogP contribution >= 0.6 is 35.7 Å². The van der Waals surface area contributed by atoms with Crippen LogP contribution in [0.1, 0.15) is 221 Å². The molecule has 0 aliphatic carbocycles. The number of esters is 1. The van der Waals surface area contributed by atoms with Gasteiger partial charge in [-0.25, -0.2) is 0 Å². The number of rotatable bonds is 38. The maximum Gasteiger partial charge on any atom is 0.319 e. The summed E-state index contributed by atoms with van der Waals surface area (Å²) in [5.74, 6) is 0.930. The summed E-state index contributed by atoms with van der Waals surface area (Å²) in [6.07, 6.45) is 39.6. The van der Waals surface area contributed by atoms with E-state index in [2.05, 4.69) is 27.7 Å². The molecule has 0 fully saturated rings. The van der Waals surface area contributed by atoms with Gasteiger partial charge in [0.05, 0.1) is 32.8 Å². The highest BCUT2D eigenvalue weighted by Gasteiger charge is 2.26. The van der Waals surface area contributed by atoms with Crippen LogP contribution in [0.3, 0.4) is 0 Å². The Balaban J connectivity index is 0. The van der Waals surface area contributed by atoms with Gasteiger partial charge in [0, 0.05) is 0 Å². The van der Waals surface area contributed by atoms with Crippen LogP contribution in [0.25, 0.3) is 0 Å². The lowest BCUT2D eigenvalue weighted by molar-refractivity contribution is -0.929. The Hall–Kier alpha value is 0.700. The van der Waals surface area contributed by atoms with Crippen molar-refractivity contribution in [2.45, 2.75) is 226 Å². The summed E-state index contributed by atoms with van der Waals surface area (Å²) >= 11 is 8.59. The summed E-state index contributed by atoms with van der Waals surface area (Å²) in [6.45, 7) is 17.4. The first-order valence-corrected chi connectivity index (χ1v) is 24.1. The molecule has 0 bridgehead atoms. The standard InChI is InChI=1S/C43H86NO2S3.BrH/c1-6-10-14-17-25-30-35-44(36-31-26-18-15-11-7-2,37-32-27-19-16-12-8-3)38-33-28-23-21-20-22-24-29-34-39-46-42(45)41(5)49-43(47)48-40-13-9-4;/h41H,6-40H2,1-5H3;1H/q+1;/p-1. The van der Waals surface area contributed by atoms with Crippen LogP contribution in [0, 0.1) is 0 Å². The van der Waals surface area contributed by atoms with E-state index in [1.807, 2.05) is 6.92 Å². The molecule has 1 unspecified atom stereocenters. The molecule has 0 aliphatic rings. The number of halogens is 1. The van der Waals surface area contributed by atoms with Gasteiger partial charge >= 0.3 is 5.97 Å². The molecule has 7 heteroatoms. The molecule has 0 saturated heterocycles. The fourth-order valence-corrected chi connectivity index (χ4v) is 9.65. The number of carbonyl (C=O) groups excluding carboxylic acids is 1. The van der Waals surface area contributed by atoms with E-state index < -0.39 is 0 Å². The van der Waals surface area contributed by atoms with Crippen LogP contribution in [0.4, 0.5) is 0 Å². The summed E-state index contributed by atoms with van der Waals surface area (Å²) < 4.78 is 7.84. The molecule has 1 atom stereocenters. The summed E-state index contributed by atoms with van der Waals surface area (Å²) in [5.41, 5.74) is 0. The molecule has 0 N–H and O–H groups in total. The van der Waals surface area contributed by atoms with Gasteiger partial charge in [-0.05, 0) is 76.9 Å². The van der Waals surface area contributed by atoms with Gasteiger partial charge in [0.15, 0.2) is 0 Å². The number of unbranched alkanes of at least 4 members (excludes halogenated alkanes) is 24. The molecule has 0 saturated carbocycles. The predicted octanol–water partition coefficient (Wildman–Crippen LogP) is 11.9. The Morgan fingerprint density at radius 2 is 0.840 bits per heavy atom. The highest BCUT2D eigenvalue weighted by Crippen LogP contribution is 2.24. The maximum absolute atomic E-state index is 12.3. The summed E-state index contributed by atoms with van der Waals surface area (Å²) in [7, 11) is 0. The van der Waals surface area contributed by atoms with Crippen molar-refractivity contribution in [2.75, 3.05) is 38.5 Å². The maximum atomic E-state index is 12.3.